The molecule has 0 fully saturated rings. The molecular formula is C116H81Br2NO4. The van der Waals surface area contributed by atoms with Crippen molar-refractivity contribution in [1.82, 2.24) is 0 Å². The molecule has 5 nitrogen and oxygen atoms in total. The molecule has 4 aromatic heterocycles. The lowest BCUT2D eigenvalue weighted by molar-refractivity contribution is 0.669. The van der Waals surface area contributed by atoms with E-state index < -0.39 is 0 Å². The smallest absolute Gasteiger partial charge is 0.143 e. The van der Waals surface area contributed by atoms with E-state index in [1.807, 2.05) is 103 Å². The van der Waals surface area contributed by atoms with Crippen molar-refractivity contribution in [3.63, 3.8) is 0 Å². The molecule has 7 heteroatoms. The van der Waals surface area contributed by atoms with E-state index in [0.717, 1.165) is 111 Å². The second kappa shape index (κ2) is 36.0. The van der Waals surface area contributed by atoms with Gasteiger partial charge in [0.05, 0.1) is 0 Å². The molecule has 0 amide bonds. The summed E-state index contributed by atoms with van der Waals surface area (Å²) >= 11 is 7.09. The Morgan fingerprint density at radius 1 is 0.171 bits per heavy atom. The Hall–Kier alpha value is -14.9. The van der Waals surface area contributed by atoms with Gasteiger partial charge in [0.15, 0.2) is 0 Å². The molecule has 0 saturated carbocycles. The van der Waals surface area contributed by atoms with E-state index in [9.17, 15) is 0 Å². The van der Waals surface area contributed by atoms with Crippen LogP contribution in [0.1, 0.15) is 22.3 Å². The van der Waals surface area contributed by atoms with Gasteiger partial charge in [-0.15, -0.1) is 0 Å². The van der Waals surface area contributed by atoms with Crippen LogP contribution in [0.4, 0.5) is 5.69 Å². The molecular weight excluding hydrogens is 1630 g/mol. The number of halogens is 2. The molecule has 0 radical (unpaired) electrons. The molecule has 0 saturated heterocycles. The number of nitrogen functional groups attached to an aromatic ring is 1. The summed E-state index contributed by atoms with van der Waals surface area (Å²) in [4.78, 5) is 0. The fourth-order valence-electron chi connectivity index (χ4n) is 16.4. The van der Waals surface area contributed by atoms with Crippen molar-refractivity contribution >= 4 is 125 Å². The predicted molar refractivity (Wildman–Crippen MR) is 523 cm³/mol. The number of rotatable bonds is 12. The van der Waals surface area contributed by atoms with E-state index >= 15 is 0 Å². The fraction of sp³-hybridized carbons (Fsp3) is 0.0172. The van der Waals surface area contributed by atoms with Crippen LogP contribution in [0.15, 0.2) is 482 Å². The quantitative estimate of drug-likeness (QED) is 0.123. The Bertz CT molecular complexity index is 7330. The maximum atomic E-state index is 6.25. The SMILES string of the molecule is Brc1ccc(-c2cccc3c2oc2ccccc23)c(-c2ccccc2)c1.Brc1ccc(-c2cccc3c2oc2ccccc23)cc1.Nc1ccc(-c2ccccc2)cc1.c1ccc(-c2ccc(Cc3ccc(-c4cccc5c4oc4ccccc45)cc3)cc2)cc1.c1ccc(-c2ccc(Cc3ccc(-c4cccc5c4oc4ccccc45)cc3)cc2)cc1. The van der Waals surface area contributed by atoms with Crippen LogP contribution in [0.5, 0.6) is 0 Å². The maximum Gasteiger partial charge on any atom is 0.143 e. The Labute approximate surface area is 731 Å². The summed E-state index contributed by atoms with van der Waals surface area (Å²) in [6.45, 7) is 0. The van der Waals surface area contributed by atoms with Crippen molar-refractivity contribution in [2.75, 3.05) is 5.73 Å². The first kappa shape index (κ1) is 78.0. The molecule has 0 unspecified atom stereocenters. The third-order valence-electron chi connectivity index (χ3n) is 22.6. The van der Waals surface area contributed by atoms with Crippen LogP contribution >= 0.6 is 31.9 Å². The topological polar surface area (TPSA) is 78.6 Å². The zero-order valence-electron chi connectivity index (χ0n) is 67.2. The number of hydrogen-bond donors (Lipinski definition) is 1. The van der Waals surface area contributed by atoms with Crippen molar-refractivity contribution in [3.05, 3.63) is 486 Å². The van der Waals surface area contributed by atoms with Gasteiger partial charge >= 0.3 is 0 Å². The lowest BCUT2D eigenvalue weighted by atomic mass is 9.93. The molecule has 0 aliphatic rings. The lowest BCUT2D eigenvalue weighted by Gasteiger charge is -2.11. The summed E-state index contributed by atoms with van der Waals surface area (Å²) in [5.41, 5.74) is 38.2. The van der Waals surface area contributed by atoms with Gasteiger partial charge in [0.2, 0.25) is 0 Å². The molecule has 2 N–H and O–H groups in total. The highest BCUT2D eigenvalue weighted by Gasteiger charge is 2.19. The zero-order valence-corrected chi connectivity index (χ0v) is 70.4. The zero-order chi connectivity index (χ0) is 82.8. The van der Waals surface area contributed by atoms with Gasteiger partial charge < -0.3 is 23.4 Å². The van der Waals surface area contributed by atoms with Gasteiger partial charge in [0.1, 0.15) is 44.7 Å². The molecule has 19 aromatic carbocycles. The van der Waals surface area contributed by atoms with Gasteiger partial charge in [-0.2, -0.15) is 0 Å². The number of benzene rings is 19. The second-order valence-corrected chi connectivity index (χ2v) is 32.4. The van der Waals surface area contributed by atoms with E-state index in [-0.39, 0.29) is 0 Å². The monoisotopic (exact) mass is 1710 g/mol. The van der Waals surface area contributed by atoms with Gasteiger partial charge in [-0.05, 0) is 163 Å². The van der Waals surface area contributed by atoms with E-state index in [2.05, 4.69) is 384 Å². The molecule has 588 valence electrons. The first-order valence-corrected chi connectivity index (χ1v) is 42.9. The number of furan rings is 4. The number of nitrogens with two attached hydrogens (primary N) is 1. The van der Waals surface area contributed by atoms with E-state index in [4.69, 9.17) is 23.4 Å². The normalized spacial score (nSPS) is 11.1. The summed E-state index contributed by atoms with van der Waals surface area (Å²) < 4.78 is 26.9. The highest BCUT2D eigenvalue weighted by atomic mass is 79.9. The first-order valence-electron chi connectivity index (χ1n) is 41.3. The van der Waals surface area contributed by atoms with E-state index in [1.54, 1.807) is 0 Å². The molecule has 0 aliphatic carbocycles. The van der Waals surface area contributed by atoms with Crippen LogP contribution in [0.3, 0.4) is 0 Å². The van der Waals surface area contributed by atoms with Crippen LogP contribution in [-0.4, -0.2) is 0 Å². The highest BCUT2D eigenvalue weighted by molar-refractivity contribution is 9.10. The van der Waals surface area contributed by atoms with Gasteiger partial charge in [-0.1, -0.05) is 426 Å². The Morgan fingerprint density at radius 2 is 0.407 bits per heavy atom. The second-order valence-electron chi connectivity index (χ2n) is 30.5. The van der Waals surface area contributed by atoms with Crippen LogP contribution in [0, 0.1) is 0 Å². The maximum absolute atomic E-state index is 6.25. The third-order valence-corrected chi connectivity index (χ3v) is 23.6. The van der Waals surface area contributed by atoms with Crippen molar-refractivity contribution in [3.8, 4) is 89.0 Å². The average molecular weight is 1710 g/mol. The fourth-order valence-corrected chi connectivity index (χ4v) is 17.0. The van der Waals surface area contributed by atoms with Crippen LogP contribution in [0.2, 0.25) is 0 Å². The minimum atomic E-state index is 0.805. The molecule has 0 atom stereocenters. The summed E-state index contributed by atoms with van der Waals surface area (Å²) in [5.74, 6) is 0. The number of fused-ring (bicyclic) bond motifs is 12. The van der Waals surface area contributed by atoms with Crippen molar-refractivity contribution in [2.45, 2.75) is 12.8 Å². The van der Waals surface area contributed by atoms with Crippen molar-refractivity contribution in [1.29, 1.82) is 0 Å². The minimum Gasteiger partial charge on any atom is -0.455 e. The summed E-state index contributed by atoms with van der Waals surface area (Å²) in [6, 6.07) is 158. The summed E-state index contributed by atoms with van der Waals surface area (Å²) in [6.07, 6.45) is 1.84. The minimum absolute atomic E-state index is 0.805. The van der Waals surface area contributed by atoms with Crippen molar-refractivity contribution in [2.24, 2.45) is 0 Å². The number of anilines is 1. The Morgan fingerprint density at radius 3 is 0.740 bits per heavy atom. The average Bonchev–Trinajstić information content (AvgIpc) is 1.64. The molecule has 0 aliphatic heterocycles. The largest absolute Gasteiger partial charge is 0.455 e. The Kier molecular flexibility index (Phi) is 22.8. The van der Waals surface area contributed by atoms with Gasteiger partial charge in [-0.3, -0.25) is 0 Å². The van der Waals surface area contributed by atoms with Gasteiger partial charge in [-0.25, -0.2) is 0 Å². The number of para-hydroxylation sites is 8. The van der Waals surface area contributed by atoms with Crippen LogP contribution in [-0.2, 0) is 12.8 Å². The molecule has 0 bridgehead atoms. The van der Waals surface area contributed by atoms with Gasteiger partial charge in [0.25, 0.3) is 0 Å². The third kappa shape index (κ3) is 17.2. The molecule has 23 rings (SSSR count). The highest BCUT2D eigenvalue weighted by Crippen LogP contribution is 2.44. The van der Waals surface area contributed by atoms with Crippen molar-refractivity contribution < 1.29 is 17.7 Å². The van der Waals surface area contributed by atoms with E-state index in [1.165, 1.54) is 116 Å². The summed E-state index contributed by atoms with van der Waals surface area (Å²) in [7, 11) is 0. The van der Waals surface area contributed by atoms with E-state index in [0.29, 0.717) is 0 Å². The standard InChI is InChI=1S/2C31H22O.C24H15BrO.C18H11BrO.C12H11N/c2*1-2-7-24(8-3-1)25-17-13-22(14-18-25)21-23-15-19-26(20-16-23)27-10-6-11-29-28-9-4-5-12-30(28)32-31(27)29;25-17-13-14-18(22(15-17)16-7-2-1-3-8-16)20-10-6-11-21-19-9-4-5-12-23(19)26-24(20)21;19-13-10-8-12(9-11-13)14-5-3-6-16-15-4-1-2-7-17(15)20-18(14)16;13-12-8-6-11(7-9-12)10-4-2-1-3-5-10/h2*1-20H,21H2;1-15H;1-11H;1-9H,13H2. The number of hydrogen-bond acceptors (Lipinski definition) is 5. The van der Waals surface area contributed by atoms with Gasteiger partial charge in [0, 0.05) is 80.0 Å². The first-order chi connectivity index (χ1) is 60.7. The molecule has 4 heterocycles. The molecule has 23 aromatic rings. The predicted octanol–water partition coefficient (Wildman–Crippen LogP) is 33.7. The molecule has 123 heavy (non-hydrogen) atoms. The summed E-state index contributed by atoms with van der Waals surface area (Å²) in [5, 5.41) is 9.31. The molecule has 0 spiro atoms. The van der Waals surface area contributed by atoms with Crippen LogP contribution < -0.4 is 5.73 Å². The Balaban J connectivity index is 0.000000104. The van der Waals surface area contributed by atoms with Crippen LogP contribution in [0.25, 0.3) is 177 Å². The lowest BCUT2D eigenvalue weighted by Crippen LogP contribution is -1.89.